The van der Waals surface area contributed by atoms with Crippen molar-refractivity contribution in [2.45, 2.75) is 25.9 Å². The first-order chi connectivity index (χ1) is 14.1. The number of hydrogen-bond acceptors (Lipinski definition) is 7. The minimum atomic E-state index is 0.119. The van der Waals surface area contributed by atoms with E-state index in [4.69, 9.17) is 4.98 Å². The van der Waals surface area contributed by atoms with E-state index in [-0.39, 0.29) is 5.75 Å². The second-order valence-electron chi connectivity index (χ2n) is 7.51. The molecule has 2 N–H and O–H groups in total. The summed E-state index contributed by atoms with van der Waals surface area (Å²) in [4.78, 5) is 13.1. The van der Waals surface area contributed by atoms with Crippen LogP contribution in [-0.4, -0.2) is 59.6 Å². The quantitative estimate of drug-likeness (QED) is 0.551. The zero-order valence-electron chi connectivity index (χ0n) is 16.3. The van der Waals surface area contributed by atoms with Crippen LogP contribution in [0.1, 0.15) is 13.8 Å². The monoisotopic (exact) mass is 390 g/mol. The molecular weight excluding hydrogens is 368 g/mol. The fourth-order valence-corrected chi connectivity index (χ4v) is 3.89. The first-order valence-corrected chi connectivity index (χ1v) is 9.63. The molecule has 0 radical (unpaired) electrons. The third kappa shape index (κ3) is 3.29. The van der Waals surface area contributed by atoms with Crippen molar-refractivity contribution in [2.24, 2.45) is 0 Å². The van der Waals surface area contributed by atoms with E-state index in [1.807, 2.05) is 35.0 Å². The molecule has 1 fully saturated rings. The minimum absolute atomic E-state index is 0.119. The number of anilines is 1. The molecule has 0 bridgehead atoms. The normalized spacial score (nSPS) is 19.7. The molecule has 3 aromatic heterocycles. The van der Waals surface area contributed by atoms with E-state index in [9.17, 15) is 5.11 Å². The molecule has 4 heterocycles. The van der Waals surface area contributed by atoms with Crippen molar-refractivity contribution in [1.29, 1.82) is 0 Å². The van der Waals surface area contributed by atoms with Crippen molar-refractivity contribution in [3.63, 3.8) is 0 Å². The second-order valence-corrected chi connectivity index (χ2v) is 7.51. The summed E-state index contributed by atoms with van der Waals surface area (Å²) in [6.45, 7) is 6.18. The number of fused-ring (bicyclic) bond motifs is 1. The highest BCUT2D eigenvalue weighted by atomic mass is 16.3. The molecule has 0 aliphatic carbocycles. The van der Waals surface area contributed by atoms with Crippen molar-refractivity contribution in [2.75, 3.05) is 18.0 Å². The highest BCUT2D eigenvalue weighted by molar-refractivity contribution is 5.70. The van der Waals surface area contributed by atoms with Crippen LogP contribution in [0.2, 0.25) is 0 Å². The van der Waals surface area contributed by atoms with Gasteiger partial charge >= 0.3 is 0 Å². The number of phenolic OH excluding ortho intramolecular Hbond substituents is 1. The van der Waals surface area contributed by atoms with Gasteiger partial charge in [-0.25, -0.2) is 4.98 Å². The number of rotatable bonds is 3. The molecule has 2 atom stereocenters. The number of hydrogen-bond donors (Lipinski definition) is 2. The lowest BCUT2D eigenvalue weighted by molar-refractivity contribution is 0.405. The molecule has 0 spiro atoms. The third-order valence-electron chi connectivity index (χ3n) is 5.10. The second kappa shape index (κ2) is 6.85. The Morgan fingerprint density at radius 1 is 1.03 bits per heavy atom. The average Bonchev–Trinajstić information content (AvgIpc) is 3.36. The Balaban J connectivity index is 1.47. The van der Waals surface area contributed by atoms with E-state index in [1.165, 1.54) is 4.80 Å². The summed E-state index contributed by atoms with van der Waals surface area (Å²) in [6.07, 6.45) is 7.02. The summed E-state index contributed by atoms with van der Waals surface area (Å²) in [5, 5.41) is 22.2. The van der Waals surface area contributed by atoms with Crippen LogP contribution < -0.4 is 10.2 Å². The number of aromatic nitrogens is 6. The molecule has 0 amide bonds. The van der Waals surface area contributed by atoms with E-state index >= 15 is 0 Å². The van der Waals surface area contributed by atoms with Crippen LogP contribution in [0, 0.1) is 0 Å². The Bertz CT molecular complexity index is 1140. The zero-order valence-corrected chi connectivity index (χ0v) is 16.3. The van der Waals surface area contributed by atoms with Crippen LogP contribution in [0.3, 0.4) is 0 Å². The summed E-state index contributed by atoms with van der Waals surface area (Å²) < 4.78 is 1.87. The SMILES string of the molecule is CC1CN(c2ccn3cc(-c4ccc(-n5nccn5)cc4O)nc3n2)CC(C)N1. The van der Waals surface area contributed by atoms with Crippen molar-refractivity contribution in [1.82, 2.24) is 34.7 Å². The van der Waals surface area contributed by atoms with Crippen LogP contribution in [-0.2, 0) is 0 Å². The van der Waals surface area contributed by atoms with E-state index < -0.39 is 0 Å². The molecule has 9 heteroatoms. The Morgan fingerprint density at radius 3 is 2.52 bits per heavy atom. The van der Waals surface area contributed by atoms with Gasteiger partial charge in [-0.3, -0.25) is 4.40 Å². The topological polar surface area (TPSA) is 96.4 Å². The molecule has 1 aromatic carbocycles. The molecule has 9 nitrogen and oxygen atoms in total. The standard InChI is InChI=1S/C20H22N8O/c1-13-10-27(11-14(2)23-13)19-5-8-26-12-17(24-20(26)25-19)16-4-3-15(9-18(16)29)28-21-6-7-22-28/h3-9,12-14,23,29H,10-11H2,1-2H3. The predicted molar refractivity (Wildman–Crippen MR) is 109 cm³/mol. The molecule has 5 rings (SSSR count). The van der Waals surface area contributed by atoms with Crippen LogP contribution in [0.5, 0.6) is 5.75 Å². The Hall–Kier alpha value is -3.46. The summed E-state index contributed by atoms with van der Waals surface area (Å²) in [5.41, 5.74) is 1.98. The van der Waals surface area contributed by atoms with Gasteiger partial charge in [0.2, 0.25) is 5.78 Å². The maximum absolute atomic E-state index is 10.5. The van der Waals surface area contributed by atoms with Crippen molar-refractivity contribution in [3.05, 3.63) is 49.1 Å². The van der Waals surface area contributed by atoms with Gasteiger partial charge in [0.1, 0.15) is 11.6 Å². The molecule has 1 saturated heterocycles. The van der Waals surface area contributed by atoms with Crippen molar-refractivity contribution < 1.29 is 5.11 Å². The summed E-state index contributed by atoms with van der Waals surface area (Å²) >= 11 is 0. The first-order valence-electron chi connectivity index (χ1n) is 9.63. The lowest BCUT2D eigenvalue weighted by atomic mass is 10.1. The van der Waals surface area contributed by atoms with Gasteiger partial charge in [-0.2, -0.15) is 20.0 Å². The summed E-state index contributed by atoms with van der Waals surface area (Å²) in [6, 6.07) is 8.12. The molecular formula is C20H22N8O. The molecule has 1 aliphatic heterocycles. The fourth-order valence-electron chi connectivity index (χ4n) is 3.89. The maximum Gasteiger partial charge on any atom is 0.236 e. The Kier molecular flexibility index (Phi) is 4.17. The summed E-state index contributed by atoms with van der Waals surface area (Å²) in [7, 11) is 0. The Labute approximate surface area is 167 Å². The lowest BCUT2D eigenvalue weighted by Gasteiger charge is -2.36. The largest absolute Gasteiger partial charge is 0.507 e. The molecule has 0 saturated carbocycles. The lowest BCUT2D eigenvalue weighted by Crippen LogP contribution is -2.54. The van der Waals surface area contributed by atoms with E-state index in [0.717, 1.165) is 18.9 Å². The number of nitrogens with zero attached hydrogens (tertiary/aromatic N) is 7. The zero-order chi connectivity index (χ0) is 20.0. The highest BCUT2D eigenvalue weighted by Gasteiger charge is 2.22. The Morgan fingerprint density at radius 2 is 1.79 bits per heavy atom. The van der Waals surface area contributed by atoms with Crippen LogP contribution in [0.4, 0.5) is 5.82 Å². The predicted octanol–water partition coefficient (Wildman–Crippen LogP) is 1.87. The third-order valence-corrected chi connectivity index (χ3v) is 5.10. The number of imidazole rings is 1. The minimum Gasteiger partial charge on any atom is -0.507 e. The summed E-state index contributed by atoms with van der Waals surface area (Å²) in [5.74, 6) is 1.64. The van der Waals surface area contributed by atoms with Gasteiger partial charge in [-0.15, -0.1) is 0 Å². The first kappa shape index (κ1) is 17.6. The van der Waals surface area contributed by atoms with E-state index in [2.05, 4.69) is 39.2 Å². The van der Waals surface area contributed by atoms with Gasteiger partial charge in [-0.05, 0) is 32.0 Å². The van der Waals surface area contributed by atoms with Crippen molar-refractivity contribution >= 4 is 11.6 Å². The smallest absolute Gasteiger partial charge is 0.236 e. The number of aromatic hydroxyl groups is 1. The molecule has 148 valence electrons. The van der Waals surface area contributed by atoms with Crippen LogP contribution in [0.15, 0.2) is 49.1 Å². The van der Waals surface area contributed by atoms with Crippen molar-refractivity contribution in [3.8, 4) is 22.7 Å². The molecule has 29 heavy (non-hydrogen) atoms. The van der Waals surface area contributed by atoms with Gasteiger partial charge < -0.3 is 15.3 Å². The van der Waals surface area contributed by atoms with Crippen LogP contribution in [0.25, 0.3) is 22.7 Å². The number of piperazine rings is 1. The molecule has 2 unspecified atom stereocenters. The number of nitrogens with one attached hydrogen (secondary N) is 1. The van der Waals surface area contributed by atoms with E-state index in [0.29, 0.717) is 34.8 Å². The van der Waals surface area contributed by atoms with Gasteiger partial charge in [0.05, 0.1) is 23.8 Å². The number of phenols is 1. The fraction of sp³-hybridized carbons (Fsp3) is 0.300. The van der Waals surface area contributed by atoms with Gasteiger partial charge in [0.25, 0.3) is 0 Å². The van der Waals surface area contributed by atoms with Gasteiger partial charge in [0.15, 0.2) is 0 Å². The highest BCUT2D eigenvalue weighted by Crippen LogP contribution is 2.30. The van der Waals surface area contributed by atoms with E-state index in [1.54, 1.807) is 18.5 Å². The molecule has 1 aliphatic rings. The number of benzene rings is 1. The maximum atomic E-state index is 10.5. The van der Waals surface area contributed by atoms with Gasteiger partial charge in [0, 0.05) is 49.2 Å². The molecule has 4 aromatic rings. The van der Waals surface area contributed by atoms with Crippen LogP contribution >= 0.6 is 0 Å². The van der Waals surface area contributed by atoms with Gasteiger partial charge in [-0.1, -0.05) is 0 Å². The average molecular weight is 390 g/mol.